The maximum atomic E-state index is 9.72. The first-order valence-corrected chi connectivity index (χ1v) is 8.47. The summed E-state index contributed by atoms with van der Waals surface area (Å²) >= 11 is 0. The molecule has 0 unspecified atom stereocenters. The van der Waals surface area contributed by atoms with E-state index in [2.05, 4.69) is 57.0 Å². The molecule has 3 nitrogen and oxygen atoms in total. The lowest BCUT2D eigenvalue weighted by Crippen LogP contribution is -2.59. The Morgan fingerprint density at radius 3 is 2.23 bits per heavy atom. The predicted octanol–water partition coefficient (Wildman–Crippen LogP) is 3.95. The number of aliphatic hydroxyl groups is 1. The van der Waals surface area contributed by atoms with Gasteiger partial charge in [-0.3, -0.25) is 4.84 Å². The Morgan fingerprint density at radius 2 is 1.68 bits per heavy atom. The van der Waals surface area contributed by atoms with E-state index in [0.717, 1.165) is 25.7 Å². The number of hydrogen-bond acceptors (Lipinski definition) is 3. The van der Waals surface area contributed by atoms with E-state index < -0.39 is 0 Å². The molecule has 1 fully saturated rings. The monoisotopic (exact) mass is 305 g/mol. The fourth-order valence-corrected chi connectivity index (χ4v) is 3.56. The van der Waals surface area contributed by atoms with Crippen molar-refractivity contribution in [2.24, 2.45) is 0 Å². The molecular weight excluding hydrogens is 274 g/mol. The highest BCUT2D eigenvalue weighted by molar-refractivity contribution is 5.14. The Bertz CT molecular complexity index is 440. The summed E-state index contributed by atoms with van der Waals surface area (Å²) in [4.78, 5) is 6.28. The molecule has 1 aromatic rings. The van der Waals surface area contributed by atoms with Crippen LogP contribution < -0.4 is 0 Å². The van der Waals surface area contributed by atoms with Gasteiger partial charge in [0.25, 0.3) is 0 Å². The van der Waals surface area contributed by atoms with E-state index in [1.54, 1.807) is 0 Å². The summed E-state index contributed by atoms with van der Waals surface area (Å²) in [6.07, 6.45) is 5.12. The van der Waals surface area contributed by atoms with E-state index in [-0.39, 0.29) is 23.8 Å². The zero-order valence-corrected chi connectivity index (χ0v) is 14.5. The molecule has 1 heterocycles. The average Bonchev–Trinajstić information content (AvgIpc) is 2.46. The van der Waals surface area contributed by atoms with Crippen LogP contribution in [0, 0.1) is 0 Å². The Morgan fingerprint density at radius 1 is 1.09 bits per heavy atom. The van der Waals surface area contributed by atoms with Crippen molar-refractivity contribution in [3.05, 3.63) is 35.9 Å². The lowest BCUT2D eigenvalue weighted by molar-refractivity contribution is -0.309. The van der Waals surface area contributed by atoms with Gasteiger partial charge in [0.15, 0.2) is 0 Å². The molecule has 0 radical (unpaired) electrons. The van der Waals surface area contributed by atoms with Crippen molar-refractivity contribution >= 4 is 0 Å². The minimum absolute atomic E-state index is 0.0158. The van der Waals surface area contributed by atoms with Gasteiger partial charge in [-0.25, -0.2) is 0 Å². The van der Waals surface area contributed by atoms with Crippen LogP contribution >= 0.6 is 0 Å². The molecule has 1 aliphatic heterocycles. The topological polar surface area (TPSA) is 32.7 Å². The SMILES string of the molecule is CC1(C)CCCC(C)(C)N1O[C@H](CO)CCc1ccccc1. The van der Waals surface area contributed by atoms with Crippen LogP contribution in [0.1, 0.15) is 58.9 Å². The maximum Gasteiger partial charge on any atom is 0.103 e. The molecular formula is C19H31NO2. The van der Waals surface area contributed by atoms with E-state index >= 15 is 0 Å². The lowest BCUT2D eigenvalue weighted by atomic mass is 9.82. The van der Waals surface area contributed by atoms with Crippen LogP contribution in [0.25, 0.3) is 0 Å². The first-order chi connectivity index (χ1) is 10.3. The van der Waals surface area contributed by atoms with Gasteiger partial charge in [-0.05, 0) is 65.4 Å². The molecule has 1 atom stereocenters. The summed E-state index contributed by atoms with van der Waals surface area (Å²) in [6.45, 7) is 9.01. The van der Waals surface area contributed by atoms with Gasteiger partial charge < -0.3 is 5.11 Å². The normalized spacial score (nSPS) is 22.4. The highest BCUT2D eigenvalue weighted by Crippen LogP contribution is 2.39. The number of aryl methyl sites for hydroxylation is 1. The van der Waals surface area contributed by atoms with Crippen molar-refractivity contribution in [1.82, 2.24) is 5.06 Å². The quantitative estimate of drug-likeness (QED) is 0.863. The molecule has 22 heavy (non-hydrogen) atoms. The van der Waals surface area contributed by atoms with Crippen LogP contribution in [0.2, 0.25) is 0 Å². The Labute approximate surface area is 135 Å². The summed E-state index contributed by atoms with van der Waals surface area (Å²) in [5, 5.41) is 11.9. The molecule has 0 aromatic heterocycles. The van der Waals surface area contributed by atoms with E-state index in [1.165, 1.54) is 12.0 Å². The zero-order chi connectivity index (χ0) is 16.2. The van der Waals surface area contributed by atoms with Crippen LogP contribution in [0.5, 0.6) is 0 Å². The minimum atomic E-state index is -0.142. The van der Waals surface area contributed by atoms with E-state index in [9.17, 15) is 5.11 Å². The van der Waals surface area contributed by atoms with Gasteiger partial charge in [0.1, 0.15) is 6.10 Å². The van der Waals surface area contributed by atoms with Crippen LogP contribution in [0.3, 0.4) is 0 Å². The zero-order valence-electron chi connectivity index (χ0n) is 14.5. The Balaban J connectivity index is 1.98. The second kappa shape index (κ2) is 7.12. The lowest BCUT2D eigenvalue weighted by Gasteiger charge is -2.52. The van der Waals surface area contributed by atoms with E-state index in [1.807, 2.05) is 6.07 Å². The van der Waals surface area contributed by atoms with Gasteiger partial charge in [-0.15, -0.1) is 0 Å². The third kappa shape index (κ3) is 4.31. The number of hydrogen-bond donors (Lipinski definition) is 1. The second-order valence-corrected chi connectivity index (χ2v) is 7.71. The number of nitrogens with zero attached hydrogens (tertiary/aromatic N) is 1. The van der Waals surface area contributed by atoms with Gasteiger partial charge in [0.2, 0.25) is 0 Å². The molecule has 0 spiro atoms. The van der Waals surface area contributed by atoms with Crippen LogP contribution in [0.15, 0.2) is 30.3 Å². The van der Waals surface area contributed by atoms with Crippen LogP contribution in [-0.4, -0.2) is 34.0 Å². The van der Waals surface area contributed by atoms with Gasteiger partial charge in [0, 0.05) is 11.1 Å². The van der Waals surface area contributed by atoms with Crippen molar-refractivity contribution in [1.29, 1.82) is 0 Å². The third-order valence-corrected chi connectivity index (χ3v) is 4.73. The van der Waals surface area contributed by atoms with Gasteiger partial charge >= 0.3 is 0 Å². The fraction of sp³-hybridized carbons (Fsp3) is 0.684. The molecule has 0 bridgehead atoms. The van der Waals surface area contributed by atoms with Gasteiger partial charge in [-0.1, -0.05) is 30.3 Å². The molecule has 0 aliphatic carbocycles. The number of benzene rings is 1. The summed E-state index contributed by atoms with van der Waals surface area (Å²) in [6, 6.07) is 10.4. The largest absolute Gasteiger partial charge is 0.394 e. The van der Waals surface area contributed by atoms with E-state index in [0.29, 0.717) is 0 Å². The standard InChI is InChI=1S/C19H31NO2/c1-18(2)13-8-14-19(3,4)20(18)22-17(15-21)12-11-16-9-6-5-7-10-16/h5-7,9-10,17,21H,8,11-15H2,1-4H3/t17-/m0/s1. The predicted molar refractivity (Wildman–Crippen MR) is 90.6 cm³/mol. The van der Waals surface area contributed by atoms with Gasteiger partial charge in [0.05, 0.1) is 6.61 Å². The molecule has 3 heteroatoms. The molecule has 0 amide bonds. The summed E-state index contributed by atoms with van der Waals surface area (Å²) in [7, 11) is 0. The number of hydroxylamine groups is 2. The molecule has 1 N–H and O–H groups in total. The van der Waals surface area contributed by atoms with Crippen molar-refractivity contribution in [2.45, 2.75) is 77.0 Å². The molecule has 0 saturated carbocycles. The first kappa shape index (κ1) is 17.5. The molecule has 1 aliphatic rings. The third-order valence-electron chi connectivity index (χ3n) is 4.73. The summed E-state index contributed by atoms with van der Waals surface area (Å²) in [5.74, 6) is 0. The van der Waals surface area contributed by atoms with Gasteiger partial charge in [-0.2, -0.15) is 5.06 Å². The highest BCUT2D eigenvalue weighted by Gasteiger charge is 2.43. The maximum absolute atomic E-state index is 9.72. The summed E-state index contributed by atoms with van der Waals surface area (Å²) < 4.78 is 0. The number of piperidine rings is 1. The van der Waals surface area contributed by atoms with Crippen molar-refractivity contribution in [3.63, 3.8) is 0 Å². The molecule has 124 valence electrons. The fourth-order valence-electron chi connectivity index (χ4n) is 3.56. The Kier molecular flexibility index (Phi) is 5.65. The number of rotatable bonds is 6. The number of aliphatic hydroxyl groups excluding tert-OH is 1. The molecule has 1 aromatic carbocycles. The van der Waals surface area contributed by atoms with Crippen molar-refractivity contribution in [2.75, 3.05) is 6.61 Å². The van der Waals surface area contributed by atoms with Crippen molar-refractivity contribution in [3.8, 4) is 0 Å². The highest BCUT2D eigenvalue weighted by atomic mass is 16.7. The van der Waals surface area contributed by atoms with Crippen molar-refractivity contribution < 1.29 is 9.94 Å². The molecule has 1 saturated heterocycles. The van der Waals surface area contributed by atoms with E-state index in [4.69, 9.17) is 4.84 Å². The summed E-state index contributed by atoms with van der Waals surface area (Å²) in [5.41, 5.74) is 1.32. The minimum Gasteiger partial charge on any atom is -0.394 e. The second-order valence-electron chi connectivity index (χ2n) is 7.71. The van der Waals surface area contributed by atoms with Crippen LogP contribution in [-0.2, 0) is 11.3 Å². The first-order valence-electron chi connectivity index (χ1n) is 8.47. The van der Waals surface area contributed by atoms with Crippen LogP contribution in [0.4, 0.5) is 0 Å². The average molecular weight is 305 g/mol. The smallest absolute Gasteiger partial charge is 0.103 e. The Hall–Kier alpha value is -0.900. The molecule has 2 rings (SSSR count).